The van der Waals surface area contributed by atoms with E-state index in [0.29, 0.717) is 30.3 Å². The first-order valence-electron chi connectivity index (χ1n) is 12.7. The second-order valence-corrected chi connectivity index (χ2v) is 9.55. The normalized spacial score (nSPS) is 15.0. The first-order valence-corrected chi connectivity index (χ1v) is 12.7. The number of hydrogen-bond acceptors (Lipinski definition) is 7. The van der Waals surface area contributed by atoms with Gasteiger partial charge in [-0.15, -0.1) is 0 Å². The van der Waals surface area contributed by atoms with Gasteiger partial charge in [-0.25, -0.2) is 4.79 Å². The minimum absolute atomic E-state index is 0.0155. The second kappa shape index (κ2) is 12.4. The molecule has 0 spiro atoms. The summed E-state index contributed by atoms with van der Waals surface area (Å²) in [5, 5.41) is 0. The Bertz CT molecular complexity index is 1380. The van der Waals surface area contributed by atoms with E-state index in [0.717, 1.165) is 24.5 Å². The number of methoxy groups -OCH3 is 3. The number of anilines is 1. The summed E-state index contributed by atoms with van der Waals surface area (Å²) in [6, 6.07) is 17.7. The summed E-state index contributed by atoms with van der Waals surface area (Å²) in [6.45, 7) is 2.13. The van der Waals surface area contributed by atoms with Crippen molar-refractivity contribution in [1.82, 2.24) is 0 Å². The van der Waals surface area contributed by atoms with E-state index in [1.165, 1.54) is 19.1 Å². The van der Waals surface area contributed by atoms with Gasteiger partial charge in [0.2, 0.25) is 0 Å². The van der Waals surface area contributed by atoms with Crippen LogP contribution in [0.25, 0.3) is 0 Å². The van der Waals surface area contributed by atoms with Gasteiger partial charge in [-0.05, 0) is 60.0 Å². The predicted molar refractivity (Wildman–Crippen MR) is 146 cm³/mol. The zero-order chi connectivity index (χ0) is 29.7. The van der Waals surface area contributed by atoms with Gasteiger partial charge in [0.25, 0.3) is 0 Å². The van der Waals surface area contributed by atoms with Crippen LogP contribution in [0.2, 0.25) is 0 Å². The number of alkyl halides is 3. The lowest BCUT2D eigenvalue weighted by atomic mass is 9.91. The van der Waals surface area contributed by atoms with Crippen LogP contribution < -0.4 is 14.4 Å². The van der Waals surface area contributed by atoms with Gasteiger partial charge < -0.3 is 23.8 Å². The fourth-order valence-corrected chi connectivity index (χ4v) is 4.76. The van der Waals surface area contributed by atoms with Gasteiger partial charge in [-0.1, -0.05) is 24.3 Å². The van der Waals surface area contributed by atoms with Gasteiger partial charge in [-0.3, -0.25) is 4.79 Å². The van der Waals surface area contributed by atoms with Crippen molar-refractivity contribution in [2.75, 3.05) is 26.2 Å². The van der Waals surface area contributed by atoms with Gasteiger partial charge in [0.1, 0.15) is 29.4 Å². The fraction of sp³-hybridized carbons (Fsp3) is 0.290. The Morgan fingerprint density at radius 1 is 0.927 bits per heavy atom. The lowest BCUT2D eigenvalue weighted by Gasteiger charge is -2.30. The topological polar surface area (TPSA) is 74.3 Å². The molecule has 0 saturated carbocycles. The third-order valence-corrected chi connectivity index (χ3v) is 6.84. The number of aryl methyl sites for hydroxylation is 1. The highest BCUT2D eigenvalue weighted by Gasteiger charge is 2.40. The summed E-state index contributed by atoms with van der Waals surface area (Å²) < 4.78 is 63.6. The van der Waals surface area contributed by atoms with Crippen LogP contribution in [0.15, 0.2) is 72.5 Å². The van der Waals surface area contributed by atoms with Gasteiger partial charge in [0.05, 0.1) is 33.3 Å². The fourth-order valence-electron chi connectivity index (χ4n) is 4.76. The molecule has 0 aromatic heterocycles. The standard InChI is InChI=1S/C31H30F3NO6/c1-19-13-22(14-25(29(19)31(32,33)34)28-15-27(36)26(18-41-28)30(37)40-4)35(16-20-5-9-23(38-2)10-6-20)17-21-7-11-24(39-3)12-8-21/h5-14,18,28H,15-17H2,1-4H3. The number of benzene rings is 3. The number of esters is 1. The molecule has 0 amide bonds. The lowest BCUT2D eigenvalue weighted by molar-refractivity contribution is -0.142. The molecule has 1 aliphatic rings. The zero-order valence-electron chi connectivity index (χ0n) is 23.1. The number of nitrogens with zero attached hydrogens (tertiary/aromatic N) is 1. The molecule has 3 aromatic rings. The first kappa shape index (κ1) is 29.5. The number of rotatable bonds is 9. The SMILES string of the molecule is COC(=O)C1=COC(c2cc(N(Cc3ccc(OC)cc3)Cc3ccc(OC)cc3)cc(C)c2C(F)(F)F)CC1=O. The number of ketones is 1. The third-order valence-electron chi connectivity index (χ3n) is 6.84. The number of ether oxygens (including phenoxy) is 4. The Labute approximate surface area is 236 Å². The summed E-state index contributed by atoms with van der Waals surface area (Å²) in [5.41, 5.74) is 0.916. The molecule has 0 bridgehead atoms. The van der Waals surface area contributed by atoms with Crippen molar-refractivity contribution < 1.29 is 41.7 Å². The van der Waals surface area contributed by atoms with Crippen molar-refractivity contribution in [3.63, 3.8) is 0 Å². The van der Waals surface area contributed by atoms with Crippen molar-refractivity contribution in [3.05, 3.63) is 100 Å². The Morgan fingerprint density at radius 2 is 1.46 bits per heavy atom. The van der Waals surface area contributed by atoms with Crippen LogP contribution in [0, 0.1) is 6.92 Å². The average Bonchev–Trinajstić information content (AvgIpc) is 2.96. The largest absolute Gasteiger partial charge is 0.497 e. The van der Waals surface area contributed by atoms with Crippen LogP contribution in [0.4, 0.5) is 18.9 Å². The highest BCUT2D eigenvalue weighted by Crippen LogP contribution is 2.43. The maximum atomic E-state index is 14.3. The Balaban J connectivity index is 1.79. The van der Waals surface area contributed by atoms with Gasteiger partial charge >= 0.3 is 12.1 Å². The van der Waals surface area contributed by atoms with E-state index in [-0.39, 0.29) is 16.7 Å². The van der Waals surface area contributed by atoms with E-state index in [1.54, 1.807) is 14.2 Å². The molecule has 0 radical (unpaired) electrons. The van der Waals surface area contributed by atoms with Crippen LogP contribution >= 0.6 is 0 Å². The van der Waals surface area contributed by atoms with E-state index in [4.69, 9.17) is 14.2 Å². The predicted octanol–water partition coefficient (Wildman–Crippen LogP) is 6.33. The Morgan fingerprint density at radius 3 is 1.90 bits per heavy atom. The van der Waals surface area contributed by atoms with Gasteiger partial charge in [0, 0.05) is 24.3 Å². The first-order chi connectivity index (χ1) is 19.5. The van der Waals surface area contributed by atoms with E-state index < -0.39 is 36.0 Å². The lowest BCUT2D eigenvalue weighted by Crippen LogP contribution is -2.26. The number of Topliss-reactive ketones (excluding diaryl/α,β-unsaturated/α-hetero) is 1. The van der Waals surface area contributed by atoms with Crippen LogP contribution in [-0.2, 0) is 38.3 Å². The molecule has 216 valence electrons. The van der Waals surface area contributed by atoms with Crippen molar-refractivity contribution in [2.24, 2.45) is 0 Å². The number of hydrogen-bond donors (Lipinski definition) is 0. The summed E-state index contributed by atoms with van der Waals surface area (Å²) in [7, 11) is 4.25. The van der Waals surface area contributed by atoms with E-state index in [2.05, 4.69) is 4.74 Å². The molecule has 0 saturated heterocycles. The number of carbonyl (C=O) groups excluding carboxylic acids is 2. The van der Waals surface area contributed by atoms with Crippen molar-refractivity contribution in [2.45, 2.75) is 38.7 Å². The van der Waals surface area contributed by atoms with E-state index >= 15 is 0 Å². The van der Waals surface area contributed by atoms with Crippen LogP contribution in [-0.4, -0.2) is 33.1 Å². The summed E-state index contributed by atoms with van der Waals surface area (Å²) >= 11 is 0. The molecular formula is C31H30F3NO6. The molecule has 1 atom stereocenters. The molecule has 1 heterocycles. The molecule has 0 N–H and O–H groups in total. The van der Waals surface area contributed by atoms with Gasteiger partial charge in [-0.2, -0.15) is 13.2 Å². The van der Waals surface area contributed by atoms with Crippen molar-refractivity contribution >= 4 is 17.4 Å². The molecule has 1 aliphatic heterocycles. The van der Waals surface area contributed by atoms with Gasteiger partial charge in [0.15, 0.2) is 5.78 Å². The highest BCUT2D eigenvalue weighted by molar-refractivity contribution is 6.17. The summed E-state index contributed by atoms with van der Waals surface area (Å²) in [4.78, 5) is 26.5. The molecule has 0 aliphatic carbocycles. The minimum atomic E-state index is -4.70. The molecule has 0 fully saturated rings. The van der Waals surface area contributed by atoms with Crippen LogP contribution in [0.3, 0.4) is 0 Å². The summed E-state index contributed by atoms with van der Waals surface area (Å²) in [6.07, 6.45) is -5.50. The molecule has 10 heteroatoms. The van der Waals surface area contributed by atoms with Crippen molar-refractivity contribution in [1.29, 1.82) is 0 Å². The smallest absolute Gasteiger partial charge is 0.417 e. The molecular weight excluding hydrogens is 539 g/mol. The average molecular weight is 570 g/mol. The van der Waals surface area contributed by atoms with E-state index in [1.807, 2.05) is 53.4 Å². The Hall–Kier alpha value is -4.47. The minimum Gasteiger partial charge on any atom is -0.497 e. The molecule has 4 rings (SSSR count). The highest BCUT2D eigenvalue weighted by atomic mass is 19.4. The quantitative estimate of drug-likeness (QED) is 0.220. The van der Waals surface area contributed by atoms with Crippen LogP contribution in [0.5, 0.6) is 11.5 Å². The van der Waals surface area contributed by atoms with Crippen LogP contribution in [0.1, 0.15) is 40.3 Å². The molecule has 7 nitrogen and oxygen atoms in total. The second-order valence-electron chi connectivity index (χ2n) is 9.55. The number of carbonyl (C=O) groups is 2. The maximum absolute atomic E-state index is 14.3. The third kappa shape index (κ3) is 6.82. The zero-order valence-corrected chi connectivity index (χ0v) is 23.1. The molecule has 41 heavy (non-hydrogen) atoms. The summed E-state index contributed by atoms with van der Waals surface area (Å²) in [5.74, 6) is -0.194. The molecule has 3 aromatic carbocycles. The van der Waals surface area contributed by atoms with Crippen molar-refractivity contribution in [3.8, 4) is 11.5 Å². The number of halogens is 3. The maximum Gasteiger partial charge on any atom is 0.417 e. The Kier molecular flexibility index (Phi) is 8.90. The monoisotopic (exact) mass is 569 g/mol. The molecule has 1 unspecified atom stereocenters. The van der Waals surface area contributed by atoms with E-state index in [9.17, 15) is 22.8 Å².